The molecular weight excluding hydrogens is 264 g/mol. The van der Waals surface area contributed by atoms with E-state index in [1.165, 1.54) is 0 Å². The van der Waals surface area contributed by atoms with Crippen LogP contribution in [-0.2, 0) is 4.79 Å². The van der Waals surface area contributed by atoms with E-state index in [4.69, 9.17) is 5.26 Å². The standard InChI is InChI=1S/C16H12N4O/c17-8-7-15(21)20-19-10-12-9-18-16-13-4-2-1-3-11(13)5-6-14(12)16/h1-6,9-10,18H,7H2,(H,20,21)/b19-10-. The van der Waals surface area contributed by atoms with Crippen molar-refractivity contribution >= 4 is 33.8 Å². The Morgan fingerprint density at radius 3 is 3.00 bits per heavy atom. The molecule has 1 amide bonds. The molecule has 1 aromatic heterocycles. The molecule has 3 aromatic rings. The average molecular weight is 276 g/mol. The van der Waals surface area contributed by atoms with Gasteiger partial charge in [0.25, 0.3) is 5.91 Å². The molecule has 5 nitrogen and oxygen atoms in total. The van der Waals surface area contributed by atoms with E-state index in [1.54, 1.807) is 12.3 Å². The van der Waals surface area contributed by atoms with E-state index in [-0.39, 0.29) is 6.42 Å². The molecule has 0 aliphatic rings. The first-order chi connectivity index (χ1) is 10.3. The fraction of sp³-hybridized carbons (Fsp3) is 0.0625. The Kier molecular flexibility index (Phi) is 3.36. The third kappa shape index (κ3) is 2.47. The second-order valence-electron chi connectivity index (χ2n) is 4.58. The molecule has 0 atom stereocenters. The molecule has 3 rings (SSSR count). The van der Waals surface area contributed by atoms with Crippen molar-refractivity contribution in [2.75, 3.05) is 0 Å². The van der Waals surface area contributed by atoms with Crippen LogP contribution in [0.3, 0.4) is 0 Å². The smallest absolute Gasteiger partial charge is 0.254 e. The predicted octanol–water partition coefficient (Wildman–Crippen LogP) is 2.68. The highest BCUT2D eigenvalue weighted by atomic mass is 16.2. The van der Waals surface area contributed by atoms with Gasteiger partial charge in [-0.25, -0.2) is 5.43 Å². The van der Waals surface area contributed by atoms with E-state index in [9.17, 15) is 4.79 Å². The Labute approximate surface area is 120 Å². The first kappa shape index (κ1) is 12.9. The Hall–Kier alpha value is -3.13. The minimum atomic E-state index is -0.418. The maximum absolute atomic E-state index is 11.2. The van der Waals surface area contributed by atoms with Gasteiger partial charge in [-0.3, -0.25) is 4.79 Å². The summed E-state index contributed by atoms with van der Waals surface area (Å²) in [6, 6.07) is 14.0. The van der Waals surface area contributed by atoms with E-state index in [1.807, 2.05) is 24.4 Å². The summed E-state index contributed by atoms with van der Waals surface area (Å²) >= 11 is 0. The number of amides is 1. The zero-order chi connectivity index (χ0) is 14.7. The molecule has 0 radical (unpaired) electrons. The number of aromatic amines is 1. The highest BCUT2D eigenvalue weighted by Crippen LogP contribution is 2.25. The summed E-state index contributed by atoms with van der Waals surface area (Å²) in [6.45, 7) is 0. The molecular formula is C16H12N4O. The molecule has 2 N–H and O–H groups in total. The van der Waals surface area contributed by atoms with Crippen molar-refractivity contribution in [3.8, 4) is 6.07 Å². The van der Waals surface area contributed by atoms with Crippen LogP contribution in [0.1, 0.15) is 12.0 Å². The van der Waals surface area contributed by atoms with Gasteiger partial charge in [0.1, 0.15) is 6.42 Å². The van der Waals surface area contributed by atoms with Crippen LogP contribution in [0.15, 0.2) is 47.7 Å². The van der Waals surface area contributed by atoms with Crippen LogP contribution >= 0.6 is 0 Å². The van der Waals surface area contributed by atoms with Gasteiger partial charge in [-0.05, 0) is 5.39 Å². The van der Waals surface area contributed by atoms with Gasteiger partial charge in [-0.15, -0.1) is 0 Å². The number of nitrogens with zero attached hydrogens (tertiary/aromatic N) is 2. The highest BCUT2D eigenvalue weighted by Gasteiger charge is 2.05. The summed E-state index contributed by atoms with van der Waals surface area (Å²) in [5.41, 5.74) is 4.24. The number of nitrogens with one attached hydrogen (secondary N) is 2. The van der Waals surface area contributed by atoms with Crippen LogP contribution < -0.4 is 5.43 Å². The topological polar surface area (TPSA) is 81.0 Å². The zero-order valence-corrected chi connectivity index (χ0v) is 11.1. The second kappa shape index (κ2) is 5.47. The third-order valence-electron chi connectivity index (χ3n) is 3.24. The minimum Gasteiger partial charge on any atom is -0.360 e. The molecule has 0 spiro atoms. The number of fused-ring (bicyclic) bond motifs is 3. The molecule has 5 heteroatoms. The van der Waals surface area contributed by atoms with Crippen LogP contribution in [0.4, 0.5) is 0 Å². The summed E-state index contributed by atoms with van der Waals surface area (Å²) in [4.78, 5) is 14.4. The Morgan fingerprint density at radius 1 is 1.29 bits per heavy atom. The van der Waals surface area contributed by atoms with Gasteiger partial charge in [0.2, 0.25) is 0 Å². The summed E-state index contributed by atoms with van der Waals surface area (Å²) in [5, 5.41) is 15.6. The molecule has 0 fully saturated rings. The van der Waals surface area contributed by atoms with E-state index in [2.05, 4.69) is 33.7 Å². The summed E-state index contributed by atoms with van der Waals surface area (Å²) in [6.07, 6.45) is 3.22. The monoisotopic (exact) mass is 276 g/mol. The van der Waals surface area contributed by atoms with Gasteiger partial charge in [0.15, 0.2) is 0 Å². The number of aromatic nitrogens is 1. The minimum absolute atomic E-state index is 0.199. The molecule has 0 bridgehead atoms. The number of carbonyl (C=O) groups excluding carboxylic acids is 1. The number of nitriles is 1. The average Bonchev–Trinajstić information content (AvgIpc) is 2.91. The predicted molar refractivity (Wildman–Crippen MR) is 81.8 cm³/mol. The lowest BCUT2D eigenvalue weighted by Gasteiger charge is -1.99. The molecule has 0 aliphatic carbocycles. The summed E-state index contributed by atoms with van der Waals surface area (Å²) in [5.74, 6) is -0.418. The van der Waals surface area contributed by atoms with Crippen LogP contribution in [0.25, 0.3) is 21.7 Å². The molecule has 102 valence electrons. The normalized spacial score (nSPS) is 11.0. The van der Waals surface area contributed by atoms with Gasteiger partial charge in [-0.1, -0.05) is 36.4 Å². The lowest BCUT2D eigenvalue weighted by molar-refractivity contribution is -0.120. The van der Waals surface area contributed by atoms with Crippen LogP contribution in [0, 0.1) is 11.3 Å². The van der Waals surface area contributed by atoms with Crippen molar-refractivity contribution < 1.29 is 4.79 Å². The number of hydrazone groups is 1. The first-order valence-electron chi connectivity index (χ1n) is 6.47. The molecule has 21 heavy (non-hydrogen) atoms. The number of hydrogen-bond acceptors (Lipinski definition) is 3. The fourth-order valence-electron chi connectivity index (χ4n) is 2.29. The van der Waals surface area contributed by atoms with Crippen molar-refractivity contribution in [1.29, 1.82) is 5.26 Å². The second-order valence-corrected chi connectivity index (χ2v) is 4.58. The van der Waals surface area contributed by atoms with Gasteiger partial charge in [0.05, 0.1) is 17.8 Å². The van der Waals surface area contributed by atoms with E-state index < -0.39 is 5.91 Å². The van der Waals surface area contributed by atoms with E-state index >= 15 is 0 Å². The van der Waals surface area contributed by atoms with E-state index in [0.29, 0.717) is 0 Å². The van der Waals surface area contributed by atoms with Gasteiger partial charge in [-0.2, -0.15) is 10.4 Å². The lowest BCUT2D eigenvalue weighted by atomic mass is 10.1. The van der Waals surface area contributed by atoms with Crippen molar-refractivity contribution in [2.45, 2.75) is 6.42 Å². The highest BCUT2D eigenvalue weighted by molar-refractivity contribution is 6.11. The van der Waals surface area contributed by atoms with Gasteiger partial charge >= 0.3 is 0 Å². The first-order valence-corrected chi connectivity index (χ1v) is 6.47. The quantitative estimate of drug-likeness (QED) is 0.569. The van der Waals surface area contributed by atoms with Crippen LogP contribution in [0.2, 0.25) is 0 Å². The maximum Gasteiger partial charge on any atom is 0.254 e. The third-order valence-corrected chi connectivity index (χ3v) is 3.24. The number of rotatable bonds is 3. The van der Waals surface area contributed by atoms with Crippen molar-refractivity contribution in [1.82, 2.24) is 10.4 Å². The molecule has 0 unspecified atom stereocenters. The maximum atomic E-state index is 11.2. The molecule has 1 heterocycles. The summed E-state index contributed by atoms with van der Waals surface area (Å²) < 4.78 is 0. The summed E-state index contributed by atoms with van der Waals surface area (Å²) in [7, 11) is 0. The molecule has 0 aliphatic heterocycles. The lowest BCUT2D eigenvalue weighted by Crippen LogP contribution is -2.16. The number of hydrogen-bond donors (Lipinski definition) is 2. The van der Waals surface area contributed by atoms with Crippen LogP contribution in [0.5, 0.6) is 0 Å². The molecule has 0 saturated heterocycles. The number of H-pyrrole nitrogens is 1. The van der Waals surface area contributed by atoms with E-state index in [0.717, 1.165) is 27.2 Å². The Morgan fingerprint density at radius 2 is 2.14 bits per heavy atom. The van der Waals surface area contributed by atoms with Crippen LogP contribution in [-0.4, -0.2) is 17.1 Å². The molecule has 0 saturated carbocycles. The van der Waals surface area contributed by atoms with Crippen molar-refractivity contribution in [3.63, 3.8) is 0 Å². The van der Waals surface area contributed by atoms with Crippen molar-refractivity contribution in [3.05, 3.63) is 48.2 Å². The SMILES string of the molecule is N#CCC(=O)N/N=C\c1c[nH]c2c1ccc1ccccc12. The van der Waals surface area contributed by atoms with Gasteiger partial charge < -0.3 is 4.98 Å². The fourth-order valence-corrected chi connectivity index (χ4v) is 2.29. The molecule has 2 aromatic carbocycles. The zero-order valence-electron chi connectivity index (χ0n) is 11.1. The number of benzene rings is 2. The Bertz CT molecular complexity index is 886. The Balaban J connectivity index is 1.94. The van der Waals surface area contributed by atoms with Crippen molar-refractivity contribution in [2.24, 2.45) is 5.10 Å². The largest absolute Gasteiger partial charge is 0.360 e. The van der Waals surface area contributed by atoms with Gasteiger partial charge in [0, 0.05) is 22.5 Å². The number of carbonyl (C=O) groups is 1.